The topological polar surface area (TPSA) is 65.9 Å². The van der Waals surface area contributed by atoms with Crippen molar-refractivity contribution in [1.82, 2.24) is 5.43 Å². The molecule has 0 aliphatic heterocycles. The summed E-state index contributed by atoms with van der Waals surface area (Å²) in [6, 6.07) is 12.7. The second kappa shape index (κ2) is 7.42. The smallest absolute Gasteiger partial charge is 0.191 e. The number of aryl methyl sites for hydroxylation is 1. The lowest BCUT2D eigenvalue weighted by molar-refractivity contribution is 0.417. The standard InChI is InChI=1S/C16H17N3O2S/c1-11-7-8-15(21-2)13(9-11)18-16(22)19-17-10-12-5-3-4-6-14(12)20/h3-10,20H,1-2H3,(H2,18,19,22). The van der Waals surface area contributed by atoms with Crippen LogP contribution in [-0.4, -0.2) is 23.5 Å². The van der Waals surface area contributed by atoms with Crippen molar-refractivity contribution in [3.05, 3.63) is 53.6 Å². The summed E-state index contributed by atoms with van der Waals surface area (Å²) in [5, 5.41) is 17.0. The fraction of sp³-hybridized carbons (Fsp3) is 0.125. The maximum atomic E-state index is 9.63. The number of aromatic hydroxyl groups is 1. The van der Waals surface area contributed by atoms with Gasteiger partial charge in [0.25, 0.3) is 0 Å². The molecule has 0 fully saturated rings. The molecule has 0 unspecified atom stereocenters. The van der Waals surface area contributed by atoms with Gasteiger partial charge < -0.3 is 15.2 Å². The first kappa shape index (κ1) is 15.8. The number of phenolic OH excluding ortho intramolecular Hbond substituents is 1. The van der Waals surface area contributed by atoms with Crippen molar-refractivity contribution in [2.24, 2.45) is 5.10 Å². The highest BCUT2D eigenvalue weighted by Gasteiger charge is 2.04. The Morgan fingerprint density at radius 3 is 2.77 bits per heavy atom. The van der Waals surface area contributed by atoms with Gasteiger partial charge in [-0.2, -0.15) is 5.10 Å². The summed E-state index contributed by atoms with van der Waals surface area (Å²) in [6.07, 6.45) is 1.50. The van der Waals surface area contributed by atoms with Crippen LogP contribution in [0.4, 0.5) is 5.69 Å². The predicted molar refractivity (Wildman–Crippen MR) is 92.8 cm³/mol. The highest BCUT2D eigenvalue weighted by atomic mass is 32.1. The number of hydrazone groups is 1. The molecule has 0 radical (unpaired) electrons. The SMILES string of the molecule is COc1ccc(C)cc1NC(=S)NN=Cc1ccccc1O. The number of rotatable bonds is 4. The number of hydrogen-bond donors (Lipinski definition) is 3. The zero-order chi connectivity index (χ0) is 15.9. The van der Waals surface area contributed by atoms with Gasteiger partial charge >= 0.3 is 0 Å². The van der Waals surface area contributed by atoms with E-state index in [1.807, 2.05) is 31.2 Å². The third-order valence-corrected chi connectivity index (χ3v) is 3.10. The fourth-order valence-electron chi connectivity index (χ4n) is 1.83. The number of ether oxygens (including phenoxy) is 1. The maximum absolute atomic E-state index is 9.63. The molecule has 0 aliphatic carbocycles. The summed E-state index contributed by atoms with van der Waals surface area (Å²) in [4.78, 5) is 0. The van der Waals surface area contributed by atoms with Gasteiger partial charge in [-0.3, -0.25) is 5.43 Å². The molecule has 0 atom stereocenters. The summed E-state index contributed by atoms with van der Waals surface area (Å²) in [6.45, 7) is 1.98. The van der Waals surface area contributed by atoms with E-state index in [9.17, 15) is 5.11 Å². The van der Waals surface area contributed by atoms with Crippen LogP contribution in [-0.2, 0) is 0 Å². The molecular formula is C16H17N3O2S. The molecule has 6 heteroatoms. The number of nitrogens with one attached hydrogen (secondary N) is 2. The Hall–Kier alpha value is -2.60. The van der Waals surface area contributed by atoms with E-state index in [0.717, 1.165) is 11.3 Å². The summed E-state index contributed by atoms with van der Waals surface area (Å²) >= 11 is 5.18. The molecule has 2 aromatic carbocycles. The zero-order valence-corrected chi connectivity index (χ0v) is 13.1. The Morgan fingerprint density at radius 2 is 2.05 bits per heavy atom. The number of benzene rings is 2. The molecule has 0 aliphatic rings. The van der Waals surface area contributed by atoms with Crippen LogP contribution in [0.5, 0.6) is 11.5 Å². The Bertz CT molecular complexity index is 702. The van der Waals surface area contributed by atoms with Crippen LogP contribution < -0.4 is 15.5 Å². The van der Waals surface area contributed by atoms with Crippen molar-refractivity contribution in [1.29, 1.82) is 0 Å². The largest absolute Gasteiger partial charge is 0.507 e. The van der Waals surface area contributed by atoms with Crippen LogP contribution in [0.15, 0.2) is 47.6 Å². The van der Waals surface area contributed by atoms with Crippen molar-refractivity contribution in [2.45, 2.75) is 6.92 Å². The average molecular weight is 315 g/mol. The molecular weight excluding hydrogens is 298 g/mol. The minimum atomic E-state index is 0.160. The van der Waals surface area contributed by atoms with Gasteiger partial charge in [0.15, 0.2) is 5.11 Å². The van der Waals surface area contributed by atoms with Gasteiger partial charge in [0.1, 0.15) is 11.5 Å². The molecule has 5 nitrogen and oxygen atoms in total. The molecule has 0 saturated heterocycles. The van der Waals surface area contributed by atoms with Crippen molar-refractivity contribution in [3.8, 4) is 11.5 Å². The van der Waals surface area contributed by atoms with Gasteiger partial charge in [-0.05, 0) is 49.0 Å². The monoisotopic (exact) mass is 315 g/mol. The van der Waals surface area contributed by atoms with Gasteiger partial charge in [-0.15, -0.1) is 0 Å². The lowest BCUT2D eigenvalue weighted by Gasteiger charge is -2.12. The number of methoxy groups -OCH3 is 1. The number of anilines is 1. The van der Waals surface area contributed by atoms with Crippen LogP contribution in [0.2, 0.25) is 0 Å². The van der Waals surface area contributed by atoms with Gasteiger partial charge in [-0.25, -0.2) is 0 Å². The molecule has 114 valence electrons. The van der Waals surface area contributed by atoms with Crippen LogP contribution in [0.3, 0.4) is 0 Å². The van der Waals surface area contributed by atoms with E-state index in [2.05, 4.69) is 15.8 Å². The van der Waals surface area contributed by atoms with Crippen LogP contribution in [0.25, 0.3) is 0 Å². The first-order chi connectivity index (χ1) is 10.6. The lowest BCUT2D eigenvalue weighted by atomic mass is 10.2. The minimum absolute atomic E-state index is 0.160. The molecule has 0 bridgehead atoms. The number of phenols is 1. The van der Waals surface area contributed by atoms with Gasteiger partial charge in [0, 0.05) is 5.56 Å². The molecule has 0 heterocycles. The van der Waals surface area contributed by atoms with Crippen molar-refractivity contribution in [3.63, 3.8) is 0 Å². The van der Waals surface area contributed by atoms with E-state index in [4.69, 9.17) is 17.0 Å². The predicted octanol–water partition coefficient (Wildman–Crippen LogP) is 3.03. The average Bonchev–Trinajstić information content (AvgIpc) is 2.49. The van der Waals surface area contributed by atoms with E-state index in [1.165, 1.54) is 6.21 Å². The van der Waals surface area contributed by atoms with E-state index < -0.39 is 0 Å². The Labute approximate surface area is 134 Å². The molecule has 2 aromatic rings. The first-order valence-electron chi connectivity index (χ1n) is 6.63. The lowest BCUT2D eigenvalue weighted by Crippen LogP contribution is -2.24. The second-order valence-corrected chi connectivity index (χ2v) is 4.99. The summed E-state index contributed by atoms with van der Waals surface area (Å²) in [7, 11) is 1.60. The summed E-state index contributed by atoms with van der Waals surface area (Å²) < 4.78 is 5.27. The van der Waals surface area contributed by atoms with E-state index in [1.54, 1.807) is 25.3 Å². The minimum Gasteiger partial charge on any atom is -0.507 e. The van der Waals surface area contributed by atoms with Crippen molar-refractivity contribution < 1.29 is 9.84 Å². The quantitative estimate of drug-likeness (QED) is 0.460. The van der Waals surface area contributed by atoms with E-state index in [0.29, 0.717) is 16.4 Å². The third kappa shape index (κ3) is 4.20. The molecule has 0 aromatic heterocycles. The Balaban J connectivity index is 1.99. The number of hydrogen-bond acceptors (Lipinski definition) is 4. The number of thiocarbonyl (C=S) groups is 1. The molecule has 0 saturated carbocycles. The number of para-hydroxylation sites is 1. The summed E-state index contributed by atoms with van der Waals surface area (Å²) in [5.74, 6) is 0.853. The zero-order valence-electron chi connectivity index (χ0n) is 12.3. The molecule has 22 heavy (non-hydrogen) atoms. The van der Waals surface area contributed by atoms with Crippen LogP contribution in [0.1, 0.15) is 11.1 Å². The first-order valence-corrected chi connectivity index (χ1v) is 7.03. The molecule has 0 amide bonds. The van der Waals surface area contributed by atoms with E-state index >= 15 is 0 Å². The van der Waals surface area contributed by atoms with Gasteiger partial charge in [0.2, 0.25) is 0 Å². The highest BCUT2D eigenvalue weighted by molar-refractivity contribution is 7.80. The normalized spacial score (nSPS) is 10.5. The Morgan fingerprint density at radius 1 is 1.27 bits per heavy atom. The van der Waals surface area contributed by atoms with Crippen LogP contribution >= 0.6 is 12.2 Å². The summed E-state index contributed by atoms with van der Waals surface area (Å²) in [5.41, 5.74) is 5.15. The highest BCUT2D eigenvalue weighted by Crippen LogP contribution is 2.24. The number of nitrogens with zero attached hydrogens (tertiary/aromatic N) is 1. The molecule has 2 rings (SSSR count). The van der Waals surface area contributed by atoms with Crippen LogP contribution in [0, 0.1) is 6.92 Å². The maximum Gasteiger partial charge on any atom is 0.191 e. The van der Waals surface area contributed by atoms with Gasteiger partial charge in [-0.1, -0.05) is 18.2 Å². The molecule has 0 spiro atoms. The second-order valence-electron chi connectivity index (χ2n) is 4.59. The van der Waals surface area contributed by atoms with Gasteiger partial charge in [0.05, 0.1) is 19.0 Å². The van der Waals surface area contributed by atoms with E-state index in [-0.39, 0.29) is 5.75 Å². The third-order valence-electron chi connectivity index (χ3n) is 2.91. The fourth-order valence-corrected chi connectivity index (χ4v) is 1.99. The van der Waals surface area contributed by atoms with Crippen molar-refractivity contribution >= 4 is 29.2 Å². The Kier molecular flexibility index (Phi) is 5.32. The molecule has 3 N–H and O–H groups in total. The van der Waals surface area contributed by atoms with Crippen molar-refractivity contribution in [2.75, 3.05) is 12.4 Å².